The van der Waals surface area contributed by atoms with Gasteiger partial charge in [0.2, 0.25) is 5.91 Å². The minimum absolute atomic E-state index is 0.0887. The van der Waals surface area contributed by atoms with Crippen LogP contribution in [0.3, 0.4) is 0 Å². The van der Waals surface area contributed by atoms with Gasteiger partial charge in [-0.25, -0.2) is 0 Å². The fraction of sp³-hybridized carbons (Fsp3) is 0.562. The average Bonchev–Trinajstić information content (AvgIpc) is 2.45. The molecule has 0 saturated heterocycles. The third kappa shape index (κ3) is 5.95. The fourth-order valence-corrected chi connectivity index (χ4v) is 2.43. The van der Waals surface area contributed by atoms with E-state index < -0.39 is 0 Å². The molecular weight excluding hydrogens is 318 g/mol. The van der Waals surface area contributed by atoms with Gasteiger partial charge < -0.3 is 10.1 Å². The molecule has 0 aliphatic carbocycles. The maximum Gasteiger partial charge on any atom is 0.224 e. The second-order valence-electron chi connectivity index (χ2n) is 4.75. The van der Waals surface area contributed by atoms with E-state index in [9.17, 15) is 4.79 Å². The Morgan fingerprint density at radius 3 is 2.70 bits per heavy atom. The molecule has 1 rings (SSSR count). The van der Waals surface area contributed by atoms with Crippen LogP contribution in [-0.4, -0.2) is 12.5 Å². The van der Waals surface area contributed by atoms with Crippen LogP contribution in [0.25, 0.3) is 0 Å². The minimum atomic E-state index is 0.0887. The van der Waals surface area contributed by atoms with Crippen LogP contribution in [-0.2, 0) is 10.1 Å². The van der Waals surface area contributed by atoms with Gasteiger partial charge in [0.25, 0.3) is 0 Å². The van der Waals surface area contributed by atoms with E-state index in [-0.39, 0.29) is 5.91 Å². The zero-order chi connectivity index (χ0) is 14.8. The molecule has 1 N–H and O–H groups in total. The summed E-state index contributed by atoms with van der Waals surface area (Å²) < 4.78 is 5.54. The largest absolute Gasteiger partial charge is 0.494 e. The van der Waals surface area contributed by atoms with Gasteiger partial charge in [0.05, 0.1) is 6.61 Å². The number of hydrogen-bond acceptors (Lipinski definition) is 2. The van der Waals surface area contributed by atoms with E-state index in [0.717, 1.165) is 29.8 Å². The summed E-state index contributed by atoms with van der Waals surface area (Å²) in [6.07, 6.45) is 5.07. The van der Waals surface area contributed by atoms with E-state index in [2.05, 4.69) is 28.2 Å². The van der Waals surface area contributed by atoms with Gasteiger partial charge in [-0.2, -0.15) is 0 Å². The number of alkyl halides is 1. The van der Waals surface area contributed by atoms with Crippen molar-refractivity contribution < 1.29 is 9.53 Å². The standard InChI is InChI=1S/C16H24BrNO2/c1-3-5-6-7-8-16(19)18-14-9-10-15(20-4-2)13(11-14)12-17/h9-11H,3-8,12H2,1-2H3,(H,18,19). The predicted octanol–water partition coefficient (Wildman–Crippen LogP) is 4.89. The molecule has 0 radical (unpaired) electrons. The maximum atomic E-state index is 11.8. The Hall–Kier alpha value is -1.03. The first-order valence-corrected chi connectivity index (χ1v) is 8.45. The number of unbranched alkanes of at least 4 members (excludes halogenated alkanes) is 3. The number of amides is 1. The summed E-state index contributed by atoms with van der Waals surface area (Å²) in [6, 6.07) is 5.76. The van der Waals surface area contributed by atoms with Gasteiger partial charge in [0.15, 0.2) is 0 Å². The molecule has 20 heavy (non-hydrogen) atoms. The Morgan fingerprint density at radius 1 is 1.25 bits per heavy atom. The maximum absolute atomic E-state index is 11.8. The lowest BCUT2D eigenvalue weighted by Gasteiger charge is -2.11. The van der Waals surface area contributed by atoms with E-state index in [0.29, 0.717) is 18.4 Å². The van der Waals surface area contributed by atoms with Gasteiger partial charge in [0, 0.05) is 23.0 Å². The average molecular weight is 342 g/mol. The highest BCUT2D eigenvalue weighted by atomic mass is 79.9. The van der Waals surface area contributed by atoms with E-state index >= 15 is 0 Å². The number of rotatable bonds is 9. The summed E-state index contributed by atoms with van der Waals surface area (Å²) in [5, 5.41) is 3.66. The number of halogens is 1. The molecule has 0 aliphatic heterocycles. The zero-order valence-electron chi connectivity index (χ0n) is 12.4. The number of carbonyl (C=O) groups is 1. The number of nitrogens with one attached hydrogen (secondary N) is 1. The topological polar surface area (TPSA) is 38.3 Å². The van der Waals surface area contributed by atoms with Crippen molar-refractivity contribution in [1.82, 2.24) is 0 Å². The summed E-state index contributed by atoms with van der Waals surface area (Å²) >= 11 is 3.45. The summed E-state index contributed by atoms with van der Waals surface area (Å²) in [4.78, 5) is 11.8. The molecule has 0 atom stereocenters. The first-order chi connectivity index (χ1) is 9.71. The van der Waals surface area contributed by atoms with Gasteiger partial charge in [-0.05, 0) is 31.5 Å². The number of ether oxygens (including phenoxy) is 1. The Morgan fingerprint density at radius 2 is 2.05 bits per heavy atom. The molecule has 3 nitrogen and oxygen atoms in total. The number of anilines is 1. The monoisotopic (exact) mass is 341 g/mol. The second-order valence-corrected chi connectivity index (χ2v) is 5.31. The lowest BCUT2D eigenvalue weighted by Crippen LogP contribution is -2.11. The van der Waals surface area contributed by atoms with Crippen molar-refractivity contribution >= 4 is 27.5 Å². The van der Waals surface area contributed by atoms with Crippen LogP contribution in [0.5, 0.6) is 5.75 Å². The normalized spacial score (nSPS) is 10.3. The van der Waals surface area contributed by atoms with Crippen LogP contribution in [0.4, 0.5) is 5.69 Å². The first kappa shape index (κ1) is 17.0. The Labute approximate surface area is 130 Å². The smallest absolute Gasteiger partial charge is 0.224 e. The van der Waals surface area contributed by atoms with Gasteiger partial charge in [-0.3, -0.25) is 4.79 Å². The summed E-state index contributed by atoms with van der Waals surface area (Å²) in [7, 11) is 0. The van der Waals surface area contributed by atoms with Crippen molar-refractivity contribution in [2.45, 2.75) is 51.3 Å². The van der Waals surface area contributed by atoms with Gasteiger partial charge in [0.1, 0.15) is 5.75 Å². The zero-order valence-corrected chi connectivity index (χ0v) is 14.0. The summed E-state index contributed by atoms with van der Waals surface area (Å²) in [6.45, 7) is 4.77. The Balaban J connectivity index is 2.52. The van der Waals surface area contributed by atoms with Crippen LogP contribution in [0.2, 0.25) is 0 Å². The van der Waals surface area contributed by atoms with Crippen molar-refractivity contribution in [1.29, 1.82) is 0 Å². The molecule has 0 unspecified atom stereocenters. The number of carbonyl (C=O) groups excluding carboxylic acids is 1. The molecule has 1 amide bonds. The van der Waals surface area contributed by atoms with Crippen LogP contribution < -0.4 is 10.1 Å². The van der Waals surface area contributed by atoms with Crippen molar-refractivity contribution in [2.24, 2.45) is 0 Å². The van der Waals surface area contributed by atoms with Crippen molar-refractivity contribution in [3.05, 3.63) is 23.8 Å². The quantitative estimate of drug-likeness (QED) is 0.513. The molecule has 0 spiro atoms. The molecule has 0 bridgehead atoms. The first-order valence-electron chi connectivity index (χ1n) is 7.32. The summed E-state index contributed by atoms with van der Waals surface area (Å²) in [5.74, 6) is 0.955. The highest BCUT2D eigenvalue weighted by Gasteiger charge is 2.06. The van der Waals surface area contributed by atoms with E-state index in [1.54, 1.807) is 0 Å². The third-order valence-corrected chi connectivity index (χ3v) is 3.65. The van der Waals surface area contributed by atoms with Crippen molar-refractivity contribution in [2.75, 3.05) is 11.9 Å². The van der Waals surface area contributed by atoms with Gasteiger partial charge in [-0.1, -0.05) is 42.1 Å². The Bertz CT molecular complexity index is 421. The molecule has 1 aromatic rings. The summed E-state index contributed by atoms with van der Waals surface area (Å²) in [5.41, 5.74) is 1.89. The highest BCUT2D eigenvalue weighted by molar-refractivity contribution is 9.08. The molecule has 112 valence electrons. The van der Waals surface area contributed by atoms with Crippen LogP contribution in [0.15, 0.2) is 18.2 Å². The van der Waals surface area contributed by atoms with Crippen molar-refractivity contribution in [3.63, 3.8) is 0 Å². The van der Waals surface area contributed by atoms with Crippen molar-refractivity contribution in [3.8, 4) is 5.75 Å². The number of benzene rings is 1. The Kier molecular flexibility index (Phi) is 8.35. The SMILES string of the molecule is CCCCCCC(=O)Nc1ccc(OCC)c(CBr)c1. The number of hydrogen-bond donors (Lipinski definition) is 1. The molecule has 0 fully saturated rings. The second kappa shape index (κ2) is 9.81. The molecule has 1 aromatic carbocycles. The third-order valence-electron chi connectivity index (χ3n) is 3.05. The van der Waals surface area contributed by atoms with E-state index in [1.807, 2.05) is 25.1 Å². The molecule has 0 saturated carbocycles. The molecule has 0 aromatic heterocycles. The van der Waals surface area contributed by atoms with Gasteiger partial charge in [-0.15, -0.1) is 0 Å². The molecule has 0 aliphatic rings. The van der Waals surface area contributed by atoms with Crippen LogP contribution in [0, 0.1) is 0 Å². The molecular formula is C16H24BrNO2. The lowest BCUT2D eigenvalue weighted by atomic mass is 10.1. The van der Waals surface area contributed by atoms with E-state index in [4.69, 9.17) is 4.74 Å². The fourth-order valence-electron chi connectivity index (χ4n) is 1.99. The highest BCUT2D eigenvalue weighted by Crippen LogP contribution is 2.25. The van der Waals surface area contributed by atoms with Gasteiger partial charge >= 0.3 is 0 Å². The molecule has 4 heteroatoms. The minimum Gasteiger partial charge on any atom is -0.494 e. The van der Waals surface area contributed by atoms with Crippen LogP contribution >= 0.6 is 15.9 Å². The molecule has 0 heterocycles. The predicted molar refractivity (Wildman–Crippen MR) is 87.6 cm³/mol. The van der Waals surface area contributed by atoms with E-state index in [1.165, 1.54) is 12.8 Å². The van der Waals surface area contributed by atoms with Crippen LogP contribution in [0.1, 0.15) is 51.5 Å². The lowest BCUT2D eigenvalue weighted by molar-refractivity contribution is -0.116.